The van der Waals surface area contributed by atoms with Gasteiger partial charge in [0.2, 0.25) is 5.91 Å². The molecule has 1 aliphatic heterocycles. The Hall–Kier alpha value is -1.12. The van der Waals surface area contributed by atoms with E-state index in [0.717, 1.165) is 25.7 Å². The lowest BCUT2D eigenvalue weighted by Gasteiger charge is -2.21. The number of carbonyl (C=O) groups excluding carboxylic acids is 2. The van der Waals surface area contributed by atoms with Gasteiger partial charge in [-0.3, -0.25) is 14.5 Å². The van der Waals surface area contributed by atoms with Crippen LogP contribution < -0.4 is 0 Å². The molecule has 2 amide bonds. The van der Waals surface area contributed by atoms with E-state index in [1.165, 1.54) is 37.0 Å². The minimum atomic E-state index is -0.195. The Bertz CT molecular complexity index is 323. The molecule has 0 aromatic rings. The van der Waals surface area contributed by atoms with Gasteiger partial charge in [-0.15, -0.1) is 0 Å². The van der Waals surface area contributed by atoms with E-state index in [0.29, 0.717) is 18.5 Å². The van der Waals surface area contributed by atoms with Crippen molar-refractivity contribution < 1.29 is 9.59 Å². The van der Waals surface area contributed by atoms with Crippen molar-refractivity contribution in [3.05, 3.63) is 12.2 Å². The zero-order chi connectivity index (χ0) is 14.1. The Morgan fingerprint density at radius 3 is 1.95 bits per heavy atom. The molecule has 0 radical (unpaired) electrons. The first-order valence-electron chi connectivity index (χ1n) is 7.63. The van der Waals surface area contributed by atoms with Crippen LogP contribution in [0.25, 0.3) is 0 Å². The highest BCUT2D eigenvalue weighted by Gasteiger charge is 2.20. The van der Waals surface area contributed by atoms with Gasteiger partial charge in [-0.25, -0.2) is 0 Å². The first kappa shape index (κ1) is 15.9. The van der Waals surface area contributed by atoms with Crippen molar-refractivity contribution in [1.82, 2.24) is 4.90 Å². The van der Waals surface area contributed by atoms with Crippen LogP contribution >= 0.6 is 0 Å². The van der Waals surface area contributed by atoms with Gasteiger partial charge in [0.1, 0.15) is 0 Å². The van der Waals surface area contributed by atoms with Gasteiger partial charge in [0.05, 0.1) is 0 Å². The van der Waals surface area contributed by atoms with Crippen LogP contribution in [0, 0.1) is 0 Å². The topological polar surface area (TPSA) is 37.4 Å². The summed E-state index contributed by atoms with van der Waals surface area (Å²) < 4.78 is 0. The van der Waals surface area contributed by atoms with E-state index >= 15 is 0 Å². The van der Waals surface area contributed by atoms with Gasteiger partial charge in [0.25, 0.3) is 5.91 Å². The van der Waals surface area contributed by atoms with Crippen LogP contribution in [-0.2, 0) is 9.59 Å². The van der Waals surface area contributed by atoms with E-state index in [1.54, 1.807) is 6.92 Å². The van der Waals surface area contributed by atoms with Gasteiger partial charge in [-0.2, -0.15) is 0 Å². The molecule has 3 nitrogen and oxygen atoms in total. The molecule has 108 valence electrons. The summed E-state index contributed by atoms with van der Waals surface area (Å²) in [4.78, 5) is 25.5. The van der Waals surface area contributed by atoms with E-state index in [4.69, 9.17) is 0 Å². The molecule has 0 N–H and O–H groups in total. The third-order valence-corrected chi connectivity index (χ3v) is 3.68. The van der Waals surface area contributed by atoms with Gasteiger partial charge in [-0.05, 0) is 19.8 Å². The fraction of sp³-hybridized carbons (Fsp3) is 0.750. The van der Waals surface area contributed by atoms with Crippen molar-refractivity contribution in [1.29, 1.82) is 0 Å². The summed E-state index contributed by atoms with van der Waals surface area (Å²) in [6.07, 6.45) is 10.8. The maximum atomic E-state index is 12.1. The predicted octanol–water partition coefficient (Wildman–Crippen LogP) is 3.83. The molecule has 1 saturated heterocycles. The Labute approximate surface area is 117 Å². The summed E-state index contributed by atoms with van der Waals surface area (Å²) in [7, 11) is 0. The minimum absolute atomic E-state index is 0.0211. The largest absolute Gasteiger partial charge is 0.279 e. The second-order valence-electron chi connectivity index (χ2n) is 5.56. The molecule has 0 saturated carbocycles. The molecule has 3 heteroatoms. The number of carbonyl (C=O) groups is 2. The summed E-state index contributed by atoms with van der Waals surface area (Å²) in [5.41, 5.74) is 0.456. The Kier molecular flexibility index (Phi) is 7.46. The molecule has 1 fully saturated rings. The molecule has 1 rings (SSSR count). The normalized spacial score (nSPS) is 20.1. The number of hydrogen-bond donors (Lipinski definition) is 0. The van der Waals surface area contributed by atoms with E-state index in [1.807, 2.05) is 0 Å². The number of hydrogen-bond acceptors (Lipinski definition) is 2. The second-order valence-corrected chi connectivity index (χ2v) is 5.56. The van der Waals surface area contributed by atoms with Gasteiger partial charge in [0, 0.05) is 18.5 Å². The molecule has 0 bridgehead atoms. The van der Waals surface area contributed by atoms with Crippen molar-refractivity contribution in [2.24, 2.45) is 0 Å². The Morgan fingerprint density at radius 2 is 1.42 bits per heavy atom. The molecular weight excluding hydrogens is 238 g/mol. The fourth-order valence-electron chi connectivity index (χ4n) is 2.49. The summed E-state index contributed by atoms with van der Waals surface area (Å²) in [6, 6.07) is 0. The van der Waals surface area contributed by atoms with E-state index in [2.05, 4.69) is 6.58 Å². The van der Waals surface area contributed by atoms with Crippen molar-refractivity contribution in [3.8, 4) is 0 Å². The highest BCUT2D eigenvalue weighted by Crippen LogP contribution is 2.14. The van der Waals surface area contributed by atoms with Crippen LogP contribution in [0.2, 0.25) is 0 Å². The molecule has 0 aromatic heterocycles. The molecule has 0 atom stereocenters. The number of nitrogens with zero attached hydrogens (tertiary/aromatic N) is 1. The molecule has 0 aliphatic carbocycles. The van der Waals surface area contributed by atoms with Crippen molar-refractivity contribution >= 4 is 11.8 Å². The van der Waals surface area contributed by atoms with Crippen LogP contribution in [-0.4, -0.2) is 23.3 Å². The number of rotatable bonds is 1. The lowest BCUT2D eigenvalue weighted by atomic mass is 10.1. The van der Waals surface area contributed by atoms with Crippen LogP contribution in [0.4, 0.5) is 0 Å². The molecule has 1 aliphatic rings. The third kappa shape index (κ3) is 6.04. The smallest absolute Gasteiger partial charge is 0.255 e. The van der Waals surface area contributed by atoms with Gasteiger partial charge >= 0.3 is 0 Å². The van der Waals surface area contributed by atoms with Crippen LogP contribution in [0.3, 0.4) is 0 Å². The van der Waals surface area contributed by atoms with E-state index in [-0.39, 0.29) is 11.8 Å². The van der Waals surface area contributed by atoms with Crippen molar-refractivity contribution in [2.75, 3.05) is 6.54 Å². The highest BCUT2D eigenvalue weighted by atomic mass is 16.2. The molecule has 1 heterocycles. The summed E-state index contributed by atoms with van der Waals surface area (Å²) in [5, 5.41) is 0. The lowest BCUT2D eigenvalue weighted by Crippen LogP contribution is -2.37. The highest BCUT2D eigenvalue weighted by molar-refractivity contribution is 6.03. The summed E-state index contributed by atoms with van der Waals surface area (Å²) >= 11 is 0. The quantitative estimate of drug-likeness (QED) is 0.676. The Morgan fingerprint density at radius 1 is 0.947 bits per heavy atom. The van der Waals surface area contributed by atoms with Crippen molar-refractivity contribution in [3.63, 3.8) is 0 Å². The SMILES string of the molecule is C=C(C)C(=O)N1CCCCCCCCCCCC1=O. The van der Waals surface area contributed by atoms with E-state index < -0.39 is 0 Å². The zero-order valence-electron chi connectivity index (χ0n) is 12.2. The van der Waals surface area contributed by atoms with Crippen LogP contribution in [0.5, 0.6) is 0 Å². The van der Waals surface area contributed by atoms with Crippen LogP contribution in [0.15, 0.2) is 12.2 Å². The zero-order valence-corrected chi connectivity index (χ0v) is 12.2. The first-order valence-corrected chi connectivity index (χ1v) is 7.63. The fourth-order valence-corrected chi connectivity index (χ4v) is 2.49. The average molecular weight is 265 g/mol. The molecular formula is C16H27NO2. The molecule has 0 aromatic carbocycles. The third-order valence-electron chi connectivity index (χ3n) is 3.68. The standard InChI is InChI=1S/C16H27NO2/c1-14(2)16(19)17-13-11-9-7-5-3-4-6-8-10-12-15(17)18/h1,3-13H2,2H3. The predicted molar refractivity (Wildman–Crippen MR) is 77.7 cm³/mol. The number of amides is 2. The lowest BCUT2D eigenvalue weighted by molar-refractivity contribution is -0.142. The molecule has 0 unspecified atom stereocenters. The first-order chi connectivity index (χ1) is 9.13. The average Bonchev–Trinajstić information content (AvgIpc) is 2.40. The summed E-state index contributed by atoms with van der Waals surface area (Å²) in [6.45, 7) is 5.90. The second kappa shape index (κ2) is 8.89. The van der Waals surface area contributed by atoms with Gasteiger partial charge in [-0.1, -0.05) is 51.5 Å². The minimum Gasteiger partial charge on any atom is -0.279 e. The maximum Gasteiger partial charge on any atom is 0.255 e. The van der Waals surface area contributed by atoms with Crippen molar-refractivity contribution in [2.45, 2.75) is 71.1 Å². The maximum absolute atomic E-state index is 12.1. The monoisotopic (exact) mass is 265 g/mol. The Balaban J connectivity index is 2.59. The van der Waals surface area contributed by atoms with Gasteiger partial charge < -0.3 is 0 Å². The van der Waals surface area contributed by atoms with Crippen LogP contribution in [0.1, 0.15) is 71.1 Å². The molecule has 19 heavy (non-hydrogen) atoms. The molecule has 0 spiro atoms. The number of imide groups is 1. The van der Waals surface area contributed by atoms with E-state index in [9.17, 15) is 9.59 Å². The van der Waals surface area contributed by atoms with Gasteiger partial charge in [0.15, 0.2) is 0 Å². The summed E-state index contributed by atoms with van der Waals surface area (Å²) in [5.74, 6) is -0.216.